The Morgan fingerprint density at radius 2 is 1.93 bits per heavy atom. The van der Waals surface area contributed by atoms with Crippen molar-refractivity contribution in [3.05, 3.63) is 0 Å². The van der Waals surface area contributed by atoms with Gasteiger partial charge in [0, 0.05) is 0 Å². The van der Waals surface area contributed by atoms with Gasteiger partial charge in [-0.15, -0.1) is 0 Å². The van der Waals surface area contributed by atoms with E-state index in [4.69, 9.17) is 0 Å². The molecule has 1 heterocycles. The lowest BCUT2D eigenvalue weighted by Crippen LogP contribution is -2.31. The van der Waals surface area contributed by atoms with Gasteiger partial charge in [-0.2, -0.15) is 0 Å². The van der Waals surface area contributed by atoms with Crippen LogP contribution in [0.5, 0.6) is 0 Å². The SMILES string of the molecule is CC(C)(C)CCC1(O)CCCNCC1. The zero-order valence-electron chi connectivity index (χ0n) is 9.90. The minimum atomic E-state index is -0.392. The van der Waals surface area contributed by atoms with Crippen molar-refractivity contribution in [2.24, 2.45) is 5.41 Å². The van der Waals surface area contributed by atoms with Crippen molar-refractivity contribution in [1.29, 1.82) is 0 Å². The fraction of sp³-hybridized carbons (Fsp3) is 1.00. The molecular weight excluding hydrogens is 174 g/mol. The summed E-state index contributed by atoms with van der Waals surface area (Å²) in [5.74, 6) is 0. The summed E-state index contributed by atoms with van der Waals surface area (Å²) in [7, 11) is 0. The van der Waals surface area contributed by atoms with Gasteiger partial charge in [-0.3, -0.25) is 0 Å². The zero-order chi connectivity index (χ0) is 10.7. The van der Waals surface area contributed by atoms with Crippen LogP contribution >= 0.6 is 0 Å². The molecule has 1 atom stereocenters. The van der Waals surface area contributed by atoms with Crippen molar-refractivity contribution in [2.75, 3.05) is 13.1 Å². The van der Waals surface area contributed by atoms with Crippen molar-refractivity contribution in [2.45, 2.75) is 58.5 Å². The molecule has 0 bridgehead atoms. The van der Waals surface area contributed by atoms with Gasteiger partial charge in [-0.25, -0.2) is 0 Å². The van der Waals surface area contributed by atoms with E-state index in [1.165, 1.54) is 0 Å². The first-order chi connectivity index (χ1) is 6.41. The minimum Gasteiger partial charge on any atom is -0.390 e. The molecule has 2 nitrogen and oxygen atoms in total. The number of rotatable bonds is 2. The third-order valence-corrected chi connectivity index (χ3v) is 3.10. The Bertz CT molecular complexity index is 164. The molecule has 1 rings (SSSR count). The van der Waals surface area contributed by atoms with Gasteiger partial charge in [0.1, 0.15) is 0 Å². The van der Waals surface area contributed by atoms with Crippen LogP contribution in [0, 0.1) is 5.41 Å². The molecule has 0 aliphatic carbocycles. The summed E-state index contributed by atoms with van der Waals surface area (Å²) in [6.45, 7) is 8.76. The predicted octanol–water partition coefficient (Wildman–Crippen LogP) is 2.32. The fourth-order valence-corrected chi connectivity index (χ4v) is 1.97. The van der Waals surface area contributed by atoms with E-state index in [0.717, 1.165) is 45.2 Å². The van der Waals surface area contributed by atoms with Crippen molar-refractivity contribution >= 4 is 0 Å². The van der Waals surface area contributed by atoms with Gasteiger partial charge < -0.3 is 10.4 Å². The Balaban J connectivity index is 2.39. The molecule has 1 unspecified atom stereocenters. The van der Waals surface area contributed by atoms with Gasteiger partial charge in [0.25, 0.3) is 0 Å². The summed E-state index contributed by atoms with van der Waals surface area (Å²) >= 11 is 0. The van der Waals surface area contributed by atoms with Gasteiger partial charge in [-0.05, 0) is 50.6 Å². The van der Waals surface area contributed by atoms with E-state index in [-0.39, 0.29) is 0 Å². The first kappa shape index (κ1) is 12.0. The van der Waals surface area contributed by atoms with Gasteiger partial charge in [0.15, 0.2) is 0 Å². The van der Waals surface area contributed by atoms with Gasteiger partial charge in [0.05, 0.1) is 5.60 Å². The fourth-order valence-electron chi connectivity index (χ4n) is 1.97. The molecule has 0 aromatic heterocycles. The highest BCUT2D eigenvalue weighted by Crippen LogP contribution is 2.30. The van der Waals surface area contributed by atoms with E-state index in [2.05, 4.69) is 26.1 Å². The Kier molecular flexibility index (Phi) is 3.96. The maximum atomic E-state index is 10.4. The molecule has 0 aromatic rings. The Labute approximate surface area is 88.1 Å². The Morgan fingerprint density at radius 3 is 2.57 bits per heavy atom. The molecule has 1 saturated heterocycles. The maximum absolute atomic E-state index is 10.4. The topological polar surface area (TPSA) is 32.3 Å². The second kappa shape index (κ2) is 4.63. The first-order valence-electron chi connectivity index (χ1n) is 5.84. The van der Waals surface area contributed by atoms with Crippen LogP contribution in [0.25, 0.3) is 0 Å². The highest BCUT2D eigenvalue weighted by atomic mass is 16.3. The lowest BCUT2D eigenvalue weighted by atomic mass is 9.82. The third kappa shape index (κ3) is 4.43. The summed E-state index contributed by atoms with van der Waals surface area (Å²) in [5.41, 5.74) is -0.0494. The van der Waals surface area contributed by atoms with E-state index in [1.54, 1.807) is 0 Å². The molecule has 1 fully saturated rings. The quantitative estimate of drug-likeness (QED) is 0.715. The molecule has 84 valence electrons. The molecular formula is C12H25NO. The van der Waals surface area contributed by atoms with Crippen molar-refractivity contribution in [3.63, 3.8) is 0 Å². The zero-order valence-corrected chi connectivity index (χ0v) is 9.90. The number of nitrogens with one attached hydrogen (secondary N) is 1. The number of hydrogen-bond acceptors (Lipinski definition) is 2. The second-order valence-electron chi connectivity index (χ2n) is 5.89. The van der Waals surface area contributed by atoms with Crippen LogP contribution in [-0.2, 0) is 0 Å². The molecule has 0 spiro atoms. The van der Waals surface area contributed by atoms with E-state index < -0.39 is 5.60 Å². The van der Waals surface area contributed by atoms with E-state index in [1.807, 2.05) is 0 Å². The summed E-state index contributed by atoms with van der Waals surface area (Å²) in [6, 6.07) is 0. The van der Waals surface area contributed by atoms with Crippen LogP contribution in [0.2, 0.25) is 0 Å². The number of hydrogen-bond donors (Lipinski definition) is 2. The van der Waals surface area contributed by atoms with Crippen molar-refractivity contribution in [1.82, 2.24) is 5.32 Å². The summed E-state index contributed by atoms with van der Waals surface area (Å²) in [6.07, 6.45) is 5.07. The smallest absolute Gasteiger partial charge is 0.0660 e. The molecule has 0 amide bonds. The monoisotopic (exact) mass is 199 g/mol. The van der Waals surface area contributed by atoms with Crippen LogP contribution in [-0.4, -0.2) is 23.8 Å². The highest BCUT2D eigenvalue weighted by Gasteiger charge is 2.29. The minimum absolute atomic E-state index is 0.343. The molecule has 0 radical (unpaired) electrons. The normalized spacial score (nSPS) is 30.0. The standard InChI is InChI=1S/C12H25NO/c1-11(2,3)6-7-12(14)5-4-9-13-10-8-12/h13-14H,4-10H2,1-3H3. The number of aliphatic hydroxyl groups is 1. The molecule has 2 heteroatoms. The molecule has 2 N–H and O–H groups in total. The second-order valence-corrected chi connectivity index (χ2v) is 5.89. The molecule has 14 heavy (non-hydrogen) atoms. The van der Waals surface area contributed by atoms with Gasteiger partial charge in [-0.1, -0.05) is 20.8 Å². The average molecular weight is 199 g/mol. The lowest BCUT2D eigenvalue weighted by Gasteiger charge is -2.30. The van der Waals surface area contributed by atoms with Crippen LogP contribution in [0.3, 0.4) is 0 Å². The van der Waals surface area contributed by atoms with Crippen molar-refractivity contribution in [3.8, 4) is 0 Å². The summed E-state index contributed by atoms with van der Waals surface area (Å²) in [4.78, 5) is 0. The van der Waals surface area contributed by atoms with Crippen LogP contribution in [0.1, 0.15) is 52.9 Å². The molecule has 1 aliphatic rings. The average Bonchev–Trinajstić information content (AvgIpc) is 2.27. The molecule has 1 aliphatic heterocycles. The Morgan fingerprint density at radius 1 is 1.21 bits per heavy atom. The Hall–Kier alpha value is -0.0800. The largest absolute Gasteiger partial charge is 0.390 e. The van der Waals surface area contributed by atoms with E-state index >= 15 is 0 Å². The summed E-state index contributed by atoms with van der Waals surface area (Å²) < 4.78 is 0. The molecule has 0 saturated carbocycles. The van der Waals surface area contributed by atoms with Gasteiger partial charge >= 0.3 is 0 Å². The molecule has 0 aromatic carbocycles. The van der Waals surface area contributed by atoms with E-state index in [0.29, 0.717) is 5.41 Å². The van der Waals surface area contributed by atoms with Crippen LogP contribution in [0.4, 0.5) is 0 Å². The van der Waals surface area contributed by atoms with Gasteiger partial charge in [0.2, 0.25) is 0 Å². The lowest BCUT2D eigenvalue weighted by molar-refractivity contribution is 0.00966. The summed E-state index contributed by atoms with van der Waals surface area (Å²) in [5, 5.41) is 13.7. The predicted molar refractivity (Wildman–Crippen MR) is 60.4 cm³/mol. The van der Waals surface area contributed by atoms with Crippen LogP contribution < -0.4 is 5.32 Å². The van der Waals surface area contributed by atoms with Crippen molar-refractivity contribution < 1.29 is 5.11 Å². The highest BCUT2D eigenvalue weighted by molar-refractivity contribution is 4.83. The first-order valence-corrected chi connectivity index (χ1v) is 5.84. The van der Waals surface area contributed by atoms with Crippen LogP contribution in [0.15, 0.2) is 0 Å². The third-order valence-electron chi connectivity index (χ3n) is 3.10. The maximum Gasteiger partial charge on any atom is 0.0660 e. The van der Waals surface area contributed by atoms with E-state index in [9.17, 15) is 5.11 Å².